The zero-order chi connectivity index (χ0) is 10.7. The lowest BCUT2D eigenvalue weighted by molar-refractivity contribution is 0.527. The Bertz CT molecular complexity index is 312. The van der Waals surface area contributed by atoms with Crippen molar-refractivity contribution < 1.29 is 0 Å². The van der Waals surface area contributed by atoms with Crippen molar-refractivity contribution in [1.82, 2.24) is 20.3 Å². The van der Waals surface area contributed by atoms with Crippen molar-refractivity contribution in [1.29, 1.82) is 0 Å². The van der Waals surface area contributed by atoms with Crippen LogP contribution in [-0.2, 0) is 13.6 Å². The number of rotatable bonds is 4. The smallest absolute Gasteiger partial charge is 0.0964 e. The van der Waals surface area contributed by atoms with Gasteiger partial charge in [-0.2, -0.15) is 11.8 Å². The summed E-state index contributed by atoms with van der Waals surface area (Å²) in [4.78, 5) is 0. The van der Waals surface area contributed by atoms with Crippen LogP contribution in [-0.4, -0.2) is 32.5 Å². The van der Waals surface area contributed by atoms with Crippen molar-refractivity contribution in [2.24, 2.45) is 7.05 Å². The van der Waals surface area contributed by atoms with Crippen LogP contribution in [0.3, 0.4) is 0 Å². The maximum absolute atomic E-state index is 4.07. The predicted molar refractivity (Wildman–Crippen MR) is 62.8 cm³/mol. The first-order valence-electron chi connectivity index (χ1n) is 5.41. The van der Waals surface area contributed by atoms with Gasteiger partial charge >= 0.3 is 0 Å². The normalized spacial score (nSPS) is 26.0. The van der Waals surface area contributed by atoms with E-state index in [9.17, 15) is 0 Å². The minimum atomic E-state index is 0.655. The lowest BCUT2D eigenvalue weighted by atomic mass is 10.2. The molecule has 84 valence electrons. The maximum atomic E-state index is 4.07. The van der Waals surface area contributed by atoms with Crippen LogP contribution >= 0.6 is 11.8 Å². The minimum Gasteiger partial charge on any atom is -0.307 e. The predicted octanol–water partition coefficient (Wildman–Crippen LogP) is 1.19. The minimum absolute atomic E-state index is 0.655. The standard InChI is InChI=1S/C10H18N4S/c1-14-7-8(12-13-14)6-11-9-4-3-5-10(9)15-2/h7,9-11H,3-6H2,1-2H3. The second kappa shape index (κ2) is 4.99. The molecule has 15 heavy (non-hydrogen) atoms. The molecule has 1 fully saturated rings. The van der Waals surface area contributed by atoms with Gasteiger partial charge in [-0.15, -0.1) is 5.10 Å². The van der Waals surface area contributed by atoms with Crippen molar-refractivity contribution >= 4 is 11.8 Å². The molecule has 5 heteroatoms. The topological polar surface area (TPSA) is 42.7 Å². The molecular formula is C10H18N4S. The number of thioether (sulfide) groups is 1. The van der Waals surface area contributed by atoms with Gasteiger partial charge in [0.2, 0.25) is 0 Å². The SMILES string of the molecule is CSC1CCCC1NCc1cn(C)nn1. The molecule has 1 aliphatic carbocycles. The molecule has 1 N–H and O–H groups in total. The Hall–Kier alpha value is -0.550. The first-order chi connectivity index (χ1) is 7.29. The van der Waals surface area contributed by atoms with Crippen molar-refractivity contribution in [2.45, 2.75) is 37.1 Å². The Morgan fingerprint density at radius 1 is 1.60 bits per heavy atom. The quantitative estimate of drug-likeness (QED) is 0.837. The number of hydrogen-bond acceptors (Lipinski definition) is 4. The fourth-order valence-corrected chi connectivity index (χ4v) is 3.12. The van der Waals surface area contributed by atoms with Crippen molar-refractivity contribution in [3.63, 3.8) is 0 Å². The molecule has 1 aromatic rings. The molecule has 1 aromatic heterocycles. The van der Waals surface area contributed by atoms with E-state index in [0.29, 0.717) is 6.04 Å². The van der Waals surface area contributed by atoms with E-state index in [-0.39, 0.29) is 0 Å². The molecule has 0 aliphatic heterocycles. The molecule has 0 saturated heterocycles. The number of hydrogen-bond donors (Lipinski definition) is 1. The molecule has 4 nitrogen and oxygen atoms in total. The number of nitrogens with zero attached hydrogens (tertiary/aromatic N) is 3. The molecular weight excluding hydrogens is 208 g/mol. The van der Waals surface area contributed by atoms with Gasteiger partial charge in [-0.3, -0.25) is 4.68 Å². The van der Waals surface area contributed by atoms with E-state index in [4.69, 9.17) is 0 Å². The van der Waals surface area contributed by atoms with E-state index in [1.807, 2.05) is 25.0 Å². The summed E-state index contributed by atoms with van der Waals surface area (Å²) in [6, 6.07) is 0.655. The average molecular weight is 226 g/mol. The van der Waals surface area contributed by atoms with E-state index < -0.39 is 0 Å². The molecule has 0 aromatic carbocycles. The summed E-state index contributed by atoms with van der Waals surface area (Å²) >= 11 is 1.98. The van der Waals surface area contributed by atoms with E-state index in [1.54, 1.807) is 4.68 Å². The molecule has 1 heterocycles. The third kappa shape index (κ3) is 2.72. The second-order valence-corrected chi connectivity index (χ2v) is 5.15. The van der Waals surface area contributed by atoms with Crippen LogP contribution < -0.4 is 5.32 Å². The molecule has 0 bridgehead atoms. The van der Waals surface area contributed by atoms with Gasteiger partial charge in [-0.25, -0.2) is 0 Å². The highest BCUT2D eigenvalue weighted by atomic mass is 32.2. The van der Waals surface area contributed by atoms with Gasteiger partial charge in [-0.05, 0) is 19.1 Å². The largest absolute Gasteiger partial charge is 0.307 e. The van der Waals surface area contributed by atoms with Crippen LogP contribution in [0.25, 0.3) is 0 Å². The first-order valence-corrected chi connectivity index (χ1v) is 6.70. The zero-order valence-electron chi connectivity index (χ0n) is 9.31. The molecule has 0 amide bonds. The van der Waals surface area contributed by atoms with Crippen LogP contribution in [0.2, 0.25) is 0 Å². The fourth-order valence-electron chi connectivity index (χ4n) is 2.15. The second-order valence-electron chi connectivity index (χ2n) is 4.08. The Kier molecular flexibility index (Phi) is 3.64. The van der Waals surface area contributed by atoms with Crippen molar-refractivity contribution in [3.8, 4) is 0 Å². The lowest BCUT2D eigenvalue weighted by Crippen LogP contribution is -2.33. The van der Waals surface area contributed by atoms with Crippen LogP contribution in [0.5, 0.6) is 0 Å². The van der Waals surface area contributed by atoms with Crippen molar-refractivity contribution in [3.05, 3.63) is 11.9 Å². The van der Waals surface area contributed by atoms with E-state index in [0.717, 1.165) is 17.5 Å². The van der Waals surface area contributed by atoms with Gasteiger partial charge in [0.1, 0.15) is 0 Å². The van der Waals surface area contributed by atoms with E-state index in [2.05, 4.69) is 21.9 Å². The Morgan fingerprint density at radius 2 is 2.47 bits per heavy atom. The number of aromatic nitrogens is 3. The molecule has 2 rings (SSSR count). The highest BCUT2D eigenvalue weighted by Gasteiger charge is 2.25. The zero-order valence-corrected chi connectivity index (χ0v) is 10.1. The van der Waals surface area contributed by atoms with Gasteiger partial charge in [-0.1, -0.05) is 11.6 Å². The molecule has 2 unspecified atom stereocenters. The monoisotopic (exact) mass is 226 g/mol. The van der Waals surface area contributed by atoms with E-state index >= 15 is 0 Å². The van der Waals surface area contributed by atoms with Gasteiger partial charge in [0.05, 0.1) is 5.69 Å². The number of nitrogens with one attached hydrogen (secondary N) is 1. The lowest BCUT2D eigenvalue weighted by Gasteiger charge is -2.18. The summed E-state index contributed by atoms with van der Waals surface area (Å²) in [6.45, 7) is 0.843. The summed E-state index contributed by atoms with van der Waals surface area (Å²) in [6.07, 6.45) is 8.16. The van der Waals surface area contributed by atoms with Crippen LogP contribution in [0, 0.1) is 0 Å². The summed E-state index contributed by atoms with van der Waals surface area (Å²) in [7, 11) is 1.90. The third-order valence-corrected chi connectivity index (χ3v) is 4.12. The number of aryl methyl sites for hydroxylation is 1. The highest BCUT2D eigenvalue weighted by Crippen LogP contribution is 2.28. The van der Waals surface area contributed by atoms with Gasteiger partial charge in [0.15, 0.2) is 0 Å². The summed E-state index contributed by atoms with van der Waals surface area (Å²) in [5.74, 6) is 0. The van der Waals surface area contributed by atoms with Crippen molar-refractivity contribution in [2.75, 3.05) is 6.26 Å². The molecule has 0 spiro atoms. The summed E-state index contributed by atoms with van der Waals surface area (Å²) < 4.78 is 1.75. The van der Waals surface area contributed by atoms with Crippen LogP contribution in [0.1, 0.15) is 25.0 Å². The summed E-state index contributed by atoms with van der Waals surface area (Å²) in [5.41, 5.74) is 1.03. The fraction of sp³-hybridized carbons (Fsp3) is 0.800. The van der Waals surface area contributed by atoms with Gasteiger partial charge in [0.25, 0.3) is 0 Å². The Balaban J connectivity index is 1.82. The van der Waals surface area contributed by atoms with Gasteiger partial charge < -0.3 is 5.32 Å². The maximum Gasteiger partial charge on any atom is 0.0964 e. The van der Waals surface area contributed by atoms with Crippen LogP contribution in [0.15, 0.2) is 6.20 Å². The molecule has 1 aliphatic rings. The molecule has 0 radical (unpaired) electrons. The molecule has 1 saturated carbocycles. The molecule has 2 atom stereocenters. The Labute approximate surface area is 94.8 Å². The highest BCUT2D eigenvalue weighted by molar-refractivity contribution is 7.99. The van der Waals surface area contributed by atoms with Crippen LogP contribution in [0.4, 0.5) is 0 Å². The average Bonchev–Trinajstić information content (AvgIpc) is 2.83. The Morgan fingerprint density at radius 3 is 3.13 bits per heavy atom. The third-order valence-electron chi connectivity index (χ3n) is 2.95. The van der Waals surface area contributed by atoms with E-state index in [1.165, 1.54) is 19.3 Å². The van der Waals surface area contributed by atoms with Gasteiger partial charge in [0, 0.05) is 31.1 Å². The first kappa shape index (κ1) is 11.0. The summed E-state index contributed by atoms with van der Waals surface area (Å²) in [5, 5.41) is 12.3.